The first-order valence-electron chi connectivity index (χ1n) is 5.90. The fourth-order valence-corrected chi connectivity index (χ4v) is 2.12. The van der Waals surface area contributed by atoms with Crippen molar-refractivity contribution < 1.29 is 4.57 Å². The van der Waals surface area contributed by atoms with E-state index in [1.807, 2.05) is 0 Å². The van der Waals surface area contributed by atoms with Gasteiger partial charge in [-0.05, 0) is 19.1 Å². The van der Waals surface area contributed by atoms with Crippen LogP contribution in [0.5, 0.6) is 0 Å². The standard InChI is InChI=1S/C14H19N2/c1-4-15-10-11-16(14(15)12(2)3)13-8-6-5-7-9-13/h5-12H,4H2,1-3H3/q+1. The van der Waals surface area contributed by atoms with Gasteiger partial charge in [0, 0.05) is 0 Å². The Hall–Kier alpha value is -1.57. The lowest BCUT2D eigenvalue weighted by molar-refractivity contribution is -0.701. The minimum Gasteiger partial charge on any atom is -0.234 e. The van der Waals surface area contributed by atoms with Gasteiger partial charge in [-0.3, -0.25) is 0 Å². The van der Waals surface area contributed by atoms with Gasteiger partial charge in [-0.15, -0.1) is 0 Å². The van der Waals surface area contributed by atoms with Crippen LogP contribution in [0.25, 0.3) is 5.69 Å². The number of aryl methyl sites for hydroxylation is 1. The molecule has 2 rings (SSSR count). The van der Waals surface area contributed by atoms with E-state index < -0.39 is 0 Å². The van der Waals surface area contributed by atoms with Crippen molar-refractivity contribution in [1.29, 1.82) is 0 Å². The van der Waals surface area contributed by atoms with E-state index >= 15 is 0 Å². The fraction of sp³-hybridized carbons (Fsp3) is 0.357. The van der Waals surface area contributed by atoms with Gasteiger partial charge in [0.25, 0.3) is 5.82 Å². The maximum Gasteiger partial charge on any atom is 0.264 e. The van der Waals surface area contributed by atoms with Crippen molar-refractivity contribution in [3.8, 4) is 5.69 Å². The Morgan fingerprint density at radius 1 is 1.19 bits per heavy atom. The average molecular weight is 215 g/mol. The van der Waals surface area contributed by atoms with E-state index in [0.717, 1.165) is 6.54 Å². The lowest BCUT2D eigenvalue weighted by Gasteiger charge is -2.06. The molecular weight excluding hydrogens is 196 g/mol. The molecule has 0 fully saturated rings. The molecule has 0 saturated carbocycles. The van der Waals surface area contributed by atoms with E-state index in [1.54, 1.807) is 0 Å². The van der Waals surface area contributed by atoms with Crippen LogP contribution >= 0.6 is 0 Å². The van der Waals surface area contributed by atoms with Gasteiger partial charge < -0.3 is 0 Å². The van der Waals surface area contributed by atoms with Crippen LogP contribution in [0.4, 0.5) is 0 Å². The SMILES string of the molecule is CC[n+]1ccn(-c2ccccc2)c1C(C)C. The maximum absolute atomic E-state index is 2.30. The quantitative estimate of drug-likeness (QED) is 0.696. The highest BCUT2D eigenvalue weighted by Gasteiger charge is 2.20. The second-order valence-electron chi connectivity index (χ2n) is 4.30. The Kier molecular flexibility index (Phi) is 3.09. The largest absolute Gasteiger partial charge is 0.264 e. The van der Waals surface area contributed by atoms with Gasteiger partial charge in [0.1, 0.15) is 18.1 Å². The Balaban J connectivity index is 2.53. The highest BCUT2D eigenvalue weighted by Crippen LogP contribution is 2.16. The molecule has 2 heteroatoms. The number of imidazole rings is 1. The first-order valence-corrected chi connectivity index (χ1v) is 5.90. The summed E-state index contributed by atoms with van der Waals surface area (Å²) in [5.74, 6) is 1.88. The van der Waals surface area contributed by atoms with E-state index in [-0.39, 0.29) is 0 Å². The van der Waals surface area contributed by atoms with Gasteiger partial charge in [-0.25, -0.2) is 4.57 Å². The summed E-state index contributed by atoms with van der Waals surface area (Å²) < 4.78 is 4.58. The number of nitrogens with zero attached hydrogens (tertiary/aromatic N) is 2. The van der Waals surface area contributed by atoms with Gasteiger partial charge in [0.15, 0.2) is 0 Å². The minimum atomic E-state index is 0.523. The topological polar surface area (TPSA) is 8.81 Å². The number of aromatic nitrogens is 2. The van der Waals surface area contributed by atoms with Gasteiger partial charge >= 0.3 is 0 Å². The summed E-state index contributed by atoms with van der Waals surface area (Å²) >= 11 is 0. The van der Waals surface area contributed by atoms with Gasteiger partial charge in [0.05, 0.1) is 12.5 Å². The predicted molar refractivity (Wildman–Crippen MR) is 65.7 cm³/mol. The van der Waals surface area contributed by atoms with Gasteiger partial charge in [0.2, 0.25) is 0 Å². The number of rotatable bonds is 3. The van der Waals surface area contributed by atoms with E-state index in [2.05, 4.69) is 72.6 Å². The van der Waals surface area contributed by atoms with E-state index in [1.165, 1.54) is 11.5 Å². The third-order valence-electron chi connectivity index (χ3n) is 2.83. The number of benzene rings is 1. The van der Waals surface area contributed by atoms with Crippen LogP contribution in [0.15, 0.2) is 42.7 Å². The van der Waals surface area contributed by atoms with Crippen LogP contribution in [0, 0.1) is 0 Å². The van der Waals surface area contributed by atoms with E-state index in [4.69, 9.17) is 0 Å². The summed E-state index contributed by atoms with van der Waals surface area (Å²) in [5, 5.41) is 0. The molecule has 1 aromatic heterocycles. The molecule has 0 N–H and O–H groups in total. The zero-order valence-corrected chi connectivity index (χ0v) is 10.2. The maximum atomic E-state index is 2.30. The Labute approximate surface area is 97.2 Å². The molecule has 16 heavy (non-hydrogen) atoms. The van der Waals surface area contributed by atoms with Gasteiger partial charge in [-0.2, -0.15) is 4.57 Å². The summed E-state index contributed by atoms with van der Waals surface area (Å²) in [7, 11) is 0. The molecule has 1 heterocycles. The summed E-state index contributed by atoms with van der Waals surface area (Å²) in [6.07, 6.45) is 4.30. The smallest absolute Gasteiger partial charge is 0.234 e. The summed E-state index contributed by atoms with van der Waals surface area (Å²) in [5.41, 5.74) is 1.23. The molecule has 0 radical (unpaired) electrons. The molecule has 0 aliphatic rings. The molecule has 0 atom stereocenters. The molecule has 84 valence electrons. The van der Waals surface area contributed by atoms with Crippen molar-refractivity contribution in [2.75, 3.05) is 0 Å². The number of hydrogen-bond donors (Lipinski definition) is 0. The average Bonchev–Trinajstić information content (AvgIpc) is 2.73. The van der Waals surface area contributed by atoms with Gasteiger partial charge in [-0.1, -0.05) is 32.0 Å². The first-order chi connectivity index (χ1) is 7.74. The number of para-hydroxylation sites is 1. The molecule has 0 spiro atoms. The zero-order valence-electron chi connectivity index (χ0n) is 10.2. The van der Waals surface area contributed by atoms with Crippen molar-refractivity contribution in [2.45, 2.75) is 33.2 Å². The highest BCUT2D eigenvalue weighted by molar-refractivity contribution is 5.32. The summed E-state index contributed by atoms with van der Waals surface area (Å²) in [6, 6.07) is 10.5. The zero-order chi connectivity index (χ0) is 11.5. The Morgan fingerprint density at radius 3 is 2.44 bits per heavy atom. The van der Waals surface area contributed by atoms with E-state index in [0.29, 0.717) is 5.92 Å². The third-order valence-corrected chi connectivity index (χ3v) is 2.83. The molecule has 2 nitrogen and oxygen atoms in total. The second-order valence-corrected chi connectivity index (χ2v) is 4.30. The Bertz CT molecular complexity index is 455. The number of hydrogen-bond acceptors (Lipinski definition) is 0. The monoisotopic (exact) mass is 215 g/mol. The molecule has 1 aromatic carbocycles. The molecule has 0 amide bonds. The molecular formula is C14H19N2+. The normalized spacial score (nSPS) is 11.0. The minimum absolute atomic E-state index is 0.523. The molecule has 0 saturated heterocycles. The van der Waals surface area contributed by atoms with Crippen LogP contribution in [0.1, 0.15) is 32.5 Å². The van der Waals surface area contributed by atoms with E-state index in [9.17, 15) is 0 Å². The lowest BCUT2D eigenvalue weighted by atomic mass is 10.2. The molecule has 0 unspecified atom stereocenters. The lowest BCUT2D eigenvalue weighted by Crippen LogP contribution is -2.36. The third kappa shape index (κ3) is 1.87. The Morgan fingerprint density at radius 2 is 1.88 bits per heavy atom. The molecule has 0 aliphatic carbocycles. The molecule has 0 aliphatic heterocycles. The molecule has 2 aromatic rings. The van der Waals surface area contributed by atoms with Crippen molar-refractivity contribution >= 4 is 0 Å². The van der Waals surface area contributed by atoms with Crippen LogP contribution in [0.3, 0.4) is 0 Å². The van der Waals surface area contributed by atoms with Crippen molar-refractivity contribution in [3.05, 3.63) is 48.5 Å². The van der Waals surface area contributed by atoms with Crippen molar-refractivity contribution in [1.82, 2.24) is 4.57 Å². The fourth-order valence-electron chi connectivity index (χ4n) is 2.12. The first kappa shape index (κ1) is 10.9. The highest BCUT2D eigenvalue weighted by atomic mass is 15.2. The van der Waals surface area contributed by atoms with Crippen molar-refractivity contribution in [3.63, 3.8) is 0 Å². The van der Waals surface area contributed by atoms with Crippen LogP contribution < -0.4 is 4.57 Å². The predicted octanol–water partition coefficient (Wildman–Crippen LogP) is 2.91. The summed E-state index contributed by atoms with van der Waals surface area (Å²) in [6.45, 7) is 7.68. The summed E-state index contributed by atoms with van der Waals surface area (Å²) in [4.78, 5) is 0. The van der Waals surface area contributed by atoms with Crippen molar-refractivity contribution in [2.24, 2.45) is 0 Å². The second kappa shape index (κ2) is 4.52. The van der Waals surface area contributed by atoms with Crippen LogP contribution in [-0.4, -0.2) is 4.57 Å². The van der Waals surface area contributed by atoms with Crippen LogP contribution in [-0.2, 0) is 6.54 Å². The molecule has 0 bridgehead atoms. The van der Waals surface area contributed by atoms with Crippen LogP contribution in [0.2, 0.25) is 0 Å².